The van der Waals surface area contributed by atoms with Crippen LogP contribution in [-0.2, 0) is 14.3 Å². The largest absolute Gasteiger partial charge is 0.477 e. The number of amides is 2. The summed E-state index contributed by atoms with van der Waals surface area (Å²) < 4.78 is 5.69. The molecule has 196 valence electrons. The number of anilines is 1. The average molecular weight is 515 g/mol. The second-order valence-corrected chi connectivity index (χ2v) is 12.6. The molecule has 2 amide bonds. The van der Waals surface area contributed by atoms with Crippen molar-refractivity contribution in [3.8, 4) is 11.8 Å². The number of nitrogens with zero attached hydrogens (tertiary/aromatic N) is 1. The van der Waals surface area contributed by atoms with E-state index in [4.69, 9.17) is 4.74 Å². The van der Waals surface area contributed by atoms with Crippen molar-refractivity contribution in [2.24, 2.45) is 17.3 Å². The van der Waals surface area contributed by atoms with E-state index in [0.29, 0.717) is 35.9 Å². The Morgan fingerprint density at radius 3 is 2.44 bits per heavy atom. The first-order valence-electron chi connectivity index (χ1n) is 13.1. The molecule has 3 atom stereocenters. The van der Waals surface area contributed by atoms with Gasteiger partial charge in [-0.1, -0.05) is 25.7 Å². The summed E-state index contributed by atoms with van der Waals surface area (Å²) in [7, 11) is 0. The molecule has 8 heteroatoms. The van der Waals surface area contributed by atoms with Gasteiger partial charge in [0.1, 0.15) is 4.88 Å². The van der Waals surface area contributed by atoms with Gasteiger partial charge in [-0.05, 0) is 65.2 Å². The highest BCUT2D eigenvalue weighted by Gasteiger charge is 2.44. The van der Waals surface area contributed by atoms with Gasteiger partial charge in [0, 0.05) is 23.4 Å². The van der Waals surface area contributed by atoms with Gasteiger partial charge in [-0.3, -0.25) is 9.59 Å². The number of hydrogen-bond donors (Lipinski definition) is 2. The molecule has 2 N–H and O–H groups in total. The van der Waals surface area contributed by atoms with E-state index < -0.39 is 11.9 Å². The maximum atomic E-state index is 13.8. The van der Waals surface area contributed by atoms with Crippen LogP contribution < -0.4 is 5.32 Å². The van der Waals surface area contributed by atoms with Gasteiger partial charge in [0.05, 0.1) is 35.2 Å². The van der Waals surface area contributed by atoms with E-state index in [-0.39, 0.29) is 45.9 Å². The molecule has 3 heterocycles. The summed E-state index contributed by atoms with van der Waals surface area (Å²) in [5.74, 6) is 4.94. The third-order valence-electron chi connectivity index (χ3n) is 7.56. The highest BCUT2D eigenvalue weighted by atomic mass is 32.1. The van der Waals surface area contributed by atoms with E-state index in [2.05, 4.69) is 24.1 Å². The molecule has 2 aliphatic heterocycles. The fourth-order valence-electron chi connectivity index (χ4n) is 5.51. The van der Waals surface area contributed by atoms with Crippen molar-refractivity contribution in [1.29, 1.82) is 0 Å². The summed E-state index contributed by atoms with van der Waals surface area (Å²) in [6.45, 7) is 11.2. The fraction of sp³-hybridized carbons (Fsp3) is 0.679. The number of carboxylic acids is 1. The van der Waals surface area contributed by atoms with Crippen LogP contribution >= 0.6 is 11.3 Å². The average Bonchev–Trinajstić information content (AvgIpc) is 3.53. The number of rotatable bonds is 6. The number of nitrogens with one attached hydrogen (secondary N) is 1. The number of carbonyl (C=O) groups excluding carboxylic acids is 2. The van der Waals surface area contributed by atoms with Gasteiger partial charge in [-0.15, -0.1) is 11.3 Å². The molecule has 3 aliphatic rings. The maximum Gasteiger partial charge on any atom is 0.348 e. The highest BCUT2D eigenvalue weighted by molar-refractivity contribution is 7.15. The zero-order valence-corrected chi connectivity index (χ0v) is 22.8. The Balaban J connectivity index is 1.75. The first kappa shape index (κ1) is 26.7. The molecule has 2 bridgehead atoms. The number of ether oxygens (including phenoxy) is 1. The molecule has 1 aromatic rings. The van der Waals surface area contributed by atoms with E-state index >= 15 is 0 Å². The molecular weight excluding hydrogens is 476 g/mol. The Labute approximate surface area is 218 Å². The number of fused-ring (bicyclic) bond motifs is 2. The van der Waals surface area contributed by atoms with Gasteiger partial charge < -0.3 is 20.1 Å². The molecule has 36 heavy (non-hydrogen) atoms. The van der Waals surface area contributed by atoms with Gasteiger partial charge in [0.2, 0.25) is 11.8 Å². The van der Waals surface area contributed by atoms with Crippen LogP contribution in [0.4, 0.5) is 5.69 Å². The van der Waals surface area contributed by atoms with Crippen LogP contribution in [0.25, 0.3) is 0 Å². The molecule has 1 aromatic heterocycles. The lowest BCUT2D eigenvalue weighted by atomic mass is 9.82. The normalized spacial score (nSPS) is 26.3. The zero-order chi connectivity index (χ0) is 26.2. The quantitative estimate of drug-likeness (QED) is 0.515. The molecule has 0 spiro atoms. The van der Waals surface area contributed by atoms with E-state index in [1.807, 2.05) is 32.6 Å². The Morgan fingerprint density at radius 1 is 1.22 bits per heavy atom. The lowest BCUT2D eigenvalue weighted by Crippen LogP contribution is -2.44. The SMILES string of the molecule is CC[C@@H](C(=O)N1C[C@@H]2C[C@@H]1CO2)c1c(C#CC(C)(C)C)sc(C(=O)O)c1NC(=O)[C@H]1CC[C@H](C)CC1. The number of likely N-dealkylation sites (tertiary alicyclic amines) is 1. The number of carbonyl (C=O) groups is 3. The Hall–Kier alpha value is -2.37. The minimum Gasteiger partial charge on any atom is -0.477 e. The Kier molecular flexibility index (Phi) is 7.82. The van der Waals surface area contributed by atoms with Crippen LogP contribution in [0, 0.1) is 29.1 Å². The van der Waals surface area contributed by atoms with Crippen molar-refractivity contribution >= 4 is 34.8 Å². The van der Waals surface area contributed by atoms with Crippen LogP contribution in [-0.4, -0.2) is 53.1 Å². The van der Waals surface area contributed by atoms with Gasteiger partial charge >= 0.3 is 5.97 Å². The minimum atomic E-state index is -1.12. The fourth-order valence-corrected chi connectivity index (χ4v) is 6.52. The molecule has 0 aromatic carbocycles. The van der Waals surface area contributed by atoms with Gasteiger partial charge in [0.25, 0.3) is 0 Å². The molecule has 4 rings (SSSR count). The lowest BCUT2D eigenvalue weighted by molar-refractivity contribution is -0.137. The Morgan fingerprint density at radius 2 is 1.92 bits per heavy atom. The van der Waals surface area contributed by atoms with Gasteiger partial charge in [-0.25, -0.2) is 4.79 Å². The van der Waals surface area contributed by atoms with Crippen molar-refractivity contribution in [2.75, 3.05) is 18.5 Å². The number of hydrogen-bond acceptors (Lipinski definition) is 5. The first-order valence-corrected chi connectivity index (χ1v) is 14.0. The van der Waals surface area contributed by atoms with Crippen molar-refractivity contribution in [3.63, 3.8) is 0 Å². The number of aromatic carboxylic acids is 1. The maximum absolute atomic E-state index is 13.8. The third-order valence-corrected chi connectivity index (χ3v) is 8.67. The summed E-state index contributed by atoms with van der Waals surface area (Å²) in [4.78, 5) is 42.0. The molecule has 1 aliphatic carbocycles. The number of morpholine rings is 1. The second kappa shape index (κ2) is 10.5. The summed E-state index contributed by atoms with van der Waals surface area (Å²) in [6.07, 6.45) is 4.94. The van der Waals surface area contributed by atoms with Gasteiger partial charge in [-0.2, -0.15) is 0 Å². The summed E-state index contributed by atoms with van der Waals surface area (Å²) in [5, 5.41) is 13.1. The van der Waals surface area contributed by atoms with Crippen molar-refractivity contribution in [1.82, 2.24) is 4.90 Å². The van der Waals surface area contributed by atoms with Crippen LogP contribution in [0.3, 0.4) is 0 Å². The highest BCUT2D eigenvalue weighted by Crippen LogP contribution is 2.43. The van der Waals surface area contributed by atoms with E-state index in [0.717, 1.165) is 43.4 Å². The molecular formula is C28H38N2O5S. The van der Waals surface area contributed by atoms with Crippen LogP contribution in [0.2, 0.25) is 0 Å². The molecule has 2 saturated heterocycles. The van der Waals surface area contributed by atoms with Crippen molar-refractivity contribution in [2.45, 2.75) is 91.2 Å². The predicted octanol–water partition coefficient (Wildman–Crippen LogP) is 5.10. The second-order valence-electron chi connectivity index (χ2n) is 11.6. The standard InChI is InChI=1S/C28H38N2O5S/c1-6-20(26(32)30-14-19-13-18(30)15-35-19)22-21(11-12-28(3,4)5)36-24(27(33)34)23(22)29-25(31)17-9-7-16(2)8-10-17/h16-20H,6-10,13-15H2,1-5H3,(H,29,31)(H,33,34)/t16-,17-,18-,19+,20-/m1/s1. The predicted molar refractivity (Wildman–Crippen MR) is 140 cm³/mol. The molecule has 1 saturated carbocycles. The molecule has 3 fully saturated rings. The minimum absolute atomic E-state index is 0.0381. The Bertz CT molecular complexity index is 1080. The van der Waals surface area contributed by atoms with Crippen LogP contribution in [0.1, 0.15) is 99.2 Å². The van der Waals surface area contributed by atoms with E-state index in [1.54, 1.807) is 0 Å². The topological polar surface area (TPSA) is 95.9 Å². The number of thiophene rings is 1. The smallest absolute Gasteiger partial charge is 0.348 e. The van der Waals surface area contributed by atoms with Crippen molar-refractivity contribution in [3.05, 3.63) is 15.3 Å². The molecule has 7 nitrogen and oxygen atoms in total. The van der Waals surface area contributed by atoms with Crippen LogP contribution in [0.15, 0.2) is 0 Å². The summed E-state index contributed by atoms with van der Waals surface area (Å²) in [6, 6.07) is 0.0560. The summed E-state index contributed by atoms with van der Waals surface area (Å²) >= 11 is 1.06. The lowest BCUT2D eigenvalue weighted by Gasteiger charge is -2.31. The summed E-state index contributed by atoms with van der Waals surface area (Å²) in [5.41, 5.74) is 0.516. The molecule has 0 radical (unpaired) electrons. The van der Waals surface area contributed by atoms with Gasteiger partial charge in [0.15, 0.2) is 0 Å². The monoisotopic (exact) mass is 514 g/mol. The van der Waals surface area contributed by atoms with E-state index in [1.165, 1.54) is 0 Å². The molecule has 0 unspecified atom stereocenters. The van der Waals surface area contributed by atoms with Crippen LogP contribution in [0.5, 0.6) is 0 Å². The first-order chi connectivity index (χ1) is 17.0. The zero-order valence-electron chi connectivity index (χ0n) is 22.0. The third kappa shape index (κ3) is 5.63. The number of carboxylic acid groups (broad SMARTS) is 1. The van der Waals surface area contributed by atoms with E-state index in [9.17, 15) is 19.5 Å². The van der Waals surface area contributed by atoms with Crippen molar-refractivity contribution < 1.29 is 24.2 Å².